The summed E-state index contributed by atoms with van der Waals surface area (Å²) in [7, 11) is 0. The van der Waals surface area contributed by atoms with Gasteiger partial charge in [-0.25, -0.2) is 4.98 Å². The van der Waals surface area contributed by atoms with Gasteiger partial charge in [-0.15, -0.1) is 0 Å². The summed E-state index contributed by atoms with van der Waals surface area (Å²) in [5, 5.41) is 0. The molecule has 0 spiro atoms. The Labute approximate surface area is 144 Å². The molecular weight excluding hydrogens is 302 g/mol. The number of nitrogens with zero attached hydrogens (tertiary/aromatic N) is 5. The summed E-state index contributed by atoms with van der Waals surface area (Å²) in [6.07, 6.45) is 6.90. The van der Waals surface area contributed by atoms with E-state index in [4.69, 9.17) is 9.72 Å². The lowest BCUT2D eigenvalue weighted by molar-refractivity contribution is 0.0517. The highest BCUT2D eigenvalue weighted by molar-refractivity contribution is 5.44. The van der Waals surface area contributed by atoms with Crippen LogP contribution in [0, 0.1) is 5.92 Å². The molecule has 0 N–H and O–H groups in total. The zero-order valence-electron chi connectivity index (χ0n) is 14.6. The molecular formula is C18H29N5O. The Morgan fingerprint density at radius 3 is 2.46 bits per heavy atom. The van der Waals surface area contributed by atoms with Crippen molar-refractivity contribution in [2.24, 2.45) is 5.92 Å². The second-order valence-corrected chi connectivity index (χ2v) is 7.25. The van der Waals surface area contributed by atoms with Crippen LogP contribution in [-0.4, -0.2) is 73.9 Å². The molecule has 3 fully saturated rings. The predicted molar refractivity (Wildman–Crippen MR) is 95.7 cm³/mol. The minimum absolute atomic E-state index is 0.825. The van der Waals surface area contributed by atoms with Gasteiger partial charge in [0.15, 0.2) is 0 Å². The van der Waals surface area contributed by atoms with Crippen molar-refractivity contribution < 1.29 is 4.74 Å². The molecule has 0 unspecified atom stereocenters. The summed E-state index contributed by atoms with van der Waals surface area (Å²) in [5.41, 5.74) is 0. The highest BCUT2D eigenvalue weighted by Crippen LogP contribution is 2.21. The van der Waals surface area contributed by atoms with Crippen LogP contribution in [0.4, 0.5) is 11.8 Å². The first-order valence-corrected chi connectivity index (χ1v) is 9.51. The van der Waals surface area contributed by atoms with Crippen LogP contribution < -0.4 is 9.80 Å². The molecule has 0 amide bonds. The van der Waals surface area contributed by atoms with Gasteiger partial charge >= 0.3 is 0 Å². The quantitative estimate of drug-likeness (QED) is 0.835. The van der Waals surface area contributed by atoms with Crippen LogP contribution in [0.1, 0.15) is 25.7 Å². The maximum atomic E-state index is 5.47. The first-order valence-electron chi connectivity index (χ1n) is 9.51. The maximum absolute atomic E-state index is 5.47. The second-order valence-electron chi connectivity index (χ2n) is 7.25. The van der Waals surface area contributed by atoms with Crippen LogP contribution in [0.25, 0.3) is 0 Å². The zero-order valence-corrected chi connectivity index (χ0v) is 14.6. The lowest BCUT2D eigenvalue weighted by Crippen LogP contribution is -2.48. The van der Waals surface area contributed by atoms with Crippen LogP contribution in [0.2, 0.25) is 0 Å². The van der Waals surface area contributed by atoms with Crippen LogP contribution in [0.15, 0.2) is 12.3 Å². The molecule has 6 heteroatoms. The van der Waals surface area contributed by atoms with Crippen molar-refractivity contribution in [3.05, 3.63) is 12.3 Å². The summed E-state index contributed by atoms with van der Waals surface area (Å²) in [5.74, 6) is 2.83. The molecule has 1 aromatic rings. The molecule has 0 saturated carbocycles. The molecule has 4 rings (SSSR count). The van der Waals surface area contributed by atoms with E-state index in [9.17, 15) is 0 Å². The number of aromatic nitrogens is 2. The van der Waals surface area contributed by atoms with Crippen molar-refractivity contribution in [1.29, 1.82) is 0 Å². The monoisotopic (exact) mass is 331 g/mol. The van der Waals surface area contributed by atoms with Crippen LogP contribution >= 0.6 is 0 Å². The Morgan fingerprint density at radius 1 is 0.958 bits per heavy atom. The third-order valence-electron chi connectivity index (χ3n) is 5.57. The van der Waals surface area contributed by atoms with Gasteiger partial charge in [0.2, 0.25) is 5.95 Å². The van der Waals surface area contributed by atoms with Gasteiger partial charge < -0.3 is 14.5 Å². The van der Waals surface area contributed by atoms with E-state index in [1.807, 2.05) is 6.20 Å². The number of rotatable bonds is 4. The highest BCUT2D eigenvalue weighted by Gasteiger charge is 2.23. The number of piperazine rings is 1. The van der Waals surface area contributed by atoms with Gasteiger partial charge in [0, 0.05) is 65.2 Å². The fourth-order valence-corrected chi connectivity index (χ4v) is 4.04. The second kappa shape index (κ2) is 7.66. The van der Waals surface area contributed by atoms with Gasteiger partial charge in [0.25, 0.3) is 0 Å². The fraction of sp³-hybridized carbons (Fsp3) is 0.778. The minimum atomic E-state index is 0.825. The van der Waals surface area contributed by atoms with E-state index in [1.54, 1.807) is 0 Å². The van der Waals surface area contributed by atoms with Gasteiger partial charge in [-0.3, -0.25) is 4.90 Å². The average Bonchev–Trinajstić information content (AvgIpc) is 3.18. The molecule has 0 aliphatic carbocycles. The third-order valence-corrected chi connectivity index (χ3v) is 5.57. The largest absolute Gasteiger partial charge is 0.381 e. The first kappa shape index (κ1) is 16.1. The highest BCUT2D eigenvalue weighted by atomic mass is 16.5. The molecule has 24 heavy (non-hydrogen) atoms. The summed E-state index contributed by atoms with van der Waals surface area (Å²) >= 11 is 0. The molecule has 4 heterocycles. The third kappa shape index (κ3) is 3.81. The van der Waals surface area contributed by atoms with Gasteiger partial charge in [0.05, 0.1) is 0 Å². The SMILES string of the molecule is c1cc(N2CCN(CC3CCOCC3)CC2)nc(N2CCCC2)n1. The van der Waals surface area contributed by atoms with E-state index in [0.717, 1.165) is 70.2 Å². The van der Waals surface area contributed by atoms with Crippen LogP contribution in [0.3, 0.4) is 0 Å². The smallest absolute Gasteiger partial charge is 0.227 e. The van der Waals surface area contributed by atoms with E-state index in [-0.39, 0.29) is 0 Å². The van der Waals surface area contributed by atoms with Crippen molar-refractivity contribution in [2.45, 2.75) is 25.7 Å². The molecule has 6 nitrogen and oxygen atoms in total. The molecule has 3 aliphatic heterocycles. The van der Waals surface area contributed by atoms with E-state index in [1.165, 1.54) is 32.2 Å². The number of anilines is 2. The molecule has 3 aliphatic rings. The topological polar surface area (TPSA) is 44.7 Å². The van der Waals surface area contributed by atoms with Gasteiger partial charge in [-0.1, -0.05) is 0 Å². The van der Waals surface area contributed by atoms with Gasteiger partial charge in [-0.05, 0) is 37.7 Å². The predicted octanol–water partition coefficient (Wildman–Crippen LogP) is 1.63. The number of hydrogen-bond donors (Lipinski definition) is 0. The molecule has 0 bridgehead atoms. The fourth-order valence-electron chi connectivity index (χ4n) is 4.04. The van der Waals surface area contributed by atoms with Crippen molar-refractivity contribution in [1.82, 2.24) is 14.9 Å². The standard InChI is InChI=1S/C18H29N5O/c1-2-8-23(7-1)18-19-6-3-17(20-18)22-11-9-21(10-12-22)15-16-4-13-24-14-5-16/h3,6,16H,1-2,4-5,7-15H2. The Hall–Kier alpha value is -1.40. The maximum Gasteiger partial charge on any atom is 0.227 e. The van der Waals surface area contributed by atoms with Crippen molar-refractivity contribution >= 4 is 11.8 Å². The van der Waals surface area contributed by atoms with Crippen molar-refractivity contribution in [3.8, 4) is 0 Å². The van der Waals surface area contributed by atoms with E-state index in [0.29, 0.717) is 0 Å². The summed E-state index contributed by atoms with van der Waals surface area (Å²) < 4.78 is 5.47. The molecule has 3 saturated heterocycles. The molecule has 0 aromatic carbocycles. The summed E-state index contributed by atoms with van der Waals surface area (Å²) in [6, 6.07) is 2.06. The van der Waals surface area contributed by atoms with Gasteiger partial charge in [0.1, 0.15) is 5.82 Å². The lowest BCUT2D eigenvalue weighted by Gasteiger charge is -2.37. The zero-order chi connectivity index (χ0) is 16.2. The molecule has 0 radical (unpaired) electrons. The van der Waals surface area contributed by atoms with Crippen molar-refractivity contribution in [3.63, 3.8) is 0 Å². The van der Waals surface area contributed by atoms with E-state index in [2.05, 4.69) is 25.8 Å². The molecule has 0 atom stereocenters. The normalized spacial score (nSPS) is 23.8. The molecule has 1 aromatic heterocycles. The van der Waals surface area contributed by atoms with E-state index < -0.39 is 0 Å². The first-order chi connectivity index (χ1) is 11.9. The van der Waals surface area contributed by atoms with Crippen LogP contribution in [-0.2, 0) is 4.74 Å². The van der Waals surface area contributed by atoms with Gasteiger partial charge in [-0.2, -0.15) is 4.98 Å². The summed E-state index contributed by atoms with van der Waals surface area (Å²) in [6.45, 7) is 9.75. The van der Waals surface area contributed by atoms with Crippen molar-refractivity contribution in [2.75, 3.05) is 68.8 Å². The summed E-state index contributed by atoms with van der Waals surface area (Å²) in [4.78, 5) is 16.6. The Kier molecular flexibility index (Phi) is 5.13. The Morgan fingerprint density at radius 2 is 1.71 bits per heavy atom. The number of ether oxygens (including phenoxy) is 1. The Bertz CT molecular complexity index is 520. The lowest BCUT2D eigenvalue weighted by atomic mass is 9.99. The van der Waals surface area contributed by atoms with Crippen LogP contribution in [0.5, 0.6) is 0 Å². The average molecular weight is 331 g/mol. The molecule has 132 valence electrons. The minimum Gasteiger partial charge on any atom is -0.381 e. The van der Waals surface area contributed by atoms with E-state index >= 15 is 0 Å². The number of hydrogen-bond acceptors (Lipinski definition) is 6. The Balaban J connectivity index is 1.31.